The topological polar surface area (TPSA) is 67.4 Å². The third-order valence-electron chi connectivity index (χ3n) is 3.75. The lowest BCUT2D eigenvalue weighted by molar-refractivity contribution is -0.162. The molecule has 0 heterocycles. The van der Waals surface area contributed by atoms with Crippen molar-refractivity contribution in [1.29, 1.82) is 0 Å². The van der Waals surface area contributed by atoms with Crippen LogP contribution >= 0.6 is 0 Å². The van der Waals surface area contributed by atoms with Gasteiger partial charge in [0.1, 0.15) is 11.4 Å². The Kier molecular flexibility index (Phi) is 6.76. The fourth-order valence-corrected chi connectivity index (χ4v) is 2.48. The summed E-state index contributed by atoms with van der Waals surface area (Å²) >= 11 is 0. The lowest BCUT2D eigenvalue weighted by atomic mass is 10.0. The van der Waals surface area contributed by atoms with E-state index in [1.165, 1.54) is 0 Å². The first kappa shape index (κ1) is 25.0. The number of nitrogens with one attached hydrogen (secondary N) is 2. The van der Waals surface area contributed by atoms with Crippen molar-refractivity contribution in [1.82, 2.24) is 0 Å². The summed E-state index contributed by atoms with van der Waals surface area (Å²) in [5.41, 5.74) is -6.18. The van der Waals surface area contributed by atoms with E-state index in [4.69, 9.17) is 4.74 Å². The van der Waals surface area contributed by atoms with Gasteiger partial charge in [0.2, 0.25) is 0 Å². The molecule has 2 aromatic carbocycles. The maximum absolute atomic E-state index is 14.1. The Hall–Kier alpha value is -3.31. The third-order valence-corrected chi connectivity index (χ3v) is 3.75. The molecule has 5 nitrogen and oxygen atoms in total. The van der Waals surface area contributed by atoms with Crippen LogP contribution in [0.4, 0.5) is 46.9 Å². The van der Waals surface area contributed by atoms with Gasteiger partial charge >= 0.3 is 18.4 Å². The second-order valence-electron chi connectivity index (χ2n) is 7.53. The molecule has 0 saturated heterocycles. The Morgan fingerprint density at radius 1 is 0.812 bits per heavy atom. The van der Waals surface area contributed by atoms with Crippen LogP contribution in [0.3, 0.4) is 0 Å². The highest BCUT2D eigenvalue weighted by atomic mass is 19.4. The molecule has 174 valence electrons. The Morgan fingerprint density at radius 3 is 1.94 bits per heavy atom. The maximum Gasteiger partial charge on any atom is 0.417 e. The number of alkyl halides is 6. The molecular formula is C20H17F7N2O3. The van der Waals surface area contributed by atoms with Crippen molar-refractivity contribution in [2.24, 2.45) is 0 Å². The fourth-order valence-electron chi connectivity index (χ4n) is 2.48. The summed E-state index contributed by atoms with van der Waals surface area (Å²) in [7, 11) is 0. The molecule has 0 aliphatic heterocycles. The molecule has 0 radical (unpaired) electrons. The van der Waals surface area contributed by atoms with Gasteiger partial charge in [0, 0.05) is 11.3 Å². The number of benzene rings is 2. The smallest absolute Gasteiger partial charge is 0.417 e. The maximum atomic E-state index is 14.1. The van der Waals surface area contributed by atoms with Crippen molar-refractivity contribution in [2.75, 3.05) is 10.6 Å². The predicted molar refractivity (Wildman–Crippen MR) is 101 cm³/mol. The minimum Gasteiger partial charge on any atom is -0.444 e. The molecule has 0 atom stereocenters. The fraction of sp³-hybridized carbons (Fsp3) is 0.300. The van der Waals surface area contributed by atoms with Crippen molar-refractivity contribution >= 4 is 23.4 Å². The molecule has 0 saturated carbocycles. The molecule has 2 amide bonds. The first-order valence-electron chi connectivity index (χ1n) is 8.87. The average molecular weight is 466 g/mol. The van der Waals surface area contributed by atoms with Crippen LogP contribution in [0, 0.1) is 5.82 Å². The van der Waals surface area contributed by atoms with Crippen LogP contribution in [-0.2, 0) is 17.1 Å². The summed E-state index contributed by atoms with van der Waals surface area (Å²) in [5, 5.41) is 4.25. The standard InChI is InChI=1S/C20H17F7N2O3/c1-18(2,3)32-17(31)28-11-5-7-14(21)15(9-11)29-16(30)10-4-6-12(19(22,23)24)13(8-10)20(25,26)27/h4-9H,1-3H3,(H,28,31)(H,29,30). The highest BCUT2D eigenvalue weighted by Gasteiger charge is 2.43. The van der Waals surface area contributed by atoms with Gasteiger partial charge in [0.05, 0.1) is 16.8 Å². The predicted octanol–water partition coefficient (Wildman–Crippen LogP) is 6.46. The lowest BCUT2D eigenvalue weighted by Crippen LogP contribution is -2.27. The molecule has 0 fully saturated rings. The highest BCUT2D eigenvalue weighted by molar-refractivity contribution is 6.05. The number of carbonyl (C=O) groups is 2. The Morgan fingerprint density at radius 2 is 1.41 bits per heavy atom. The Balaban J connectivity index is 2.30. The van der Waals surface area contributed by atoms with E-state index in [0.717, 1.165) is 18.2 Å². The summed E-state index contributed by atoms with van der Waals surface area (Å²) in [6, 6.07) is 3.64. The molecule has 32 heavy (non-hydrogen) atoms. The van der Waals surface area contributed by atoms with Gasteiger partial charge in [-0.2, -0.15) is 26.3 Å². The molecule has 2 rings (SSSR count). The molecule has 0 aliphatic carbocycles. The molecule has 0 spiro atoms. The minimum absolute atomic E-state index is 0.0145. The average Bonchev–Trinajstić information content (AvgIpc) is 2.61. The van der Waals surface area contributed by atoms with Gasteiger partial charge in [-0.3, -0.25) is 10.1 Å². The van der Waals surface area contributed by atoms with Gasteiger partial charge in [-0.1, -0.05) is 0 Å². The van der Waals surface area contributed by atoms with Crippen LogP contribution in [0.25, 0.3) is 0 Å². The van der Waals surface area contributed by atoms with Crippen LogP contribution in [-0.4, -0.2) is 17.6 Å². The van der Waals surface area contributed by atoms with Gasteiger partial charge in [0.25, 0.3) is 5.91 Å². The van der Waals surface area contributed by atoms with E-state index < -0.39 is 58.1 Å². The zero-order valence-corrected chi connectivity index (χ0v) is 16.8. The van der Waals surface area contributed by atoms with Gasteiger partial charge < -0.3 is 10.1 Å². The second-order valence-corrected chi connectivity index (χ2v) is 7.53. The molecule has 0 aromatic heterocycles. The van der Waals surface area contributed by atoms with E-state index >= 15 is 0 Å². The molecule has 0 unspecified atom stereocenters. The number of anilines is 2. The molecular weight excluding hydrogens is 449 g/mol. The summed E-state index contributed by atoms with van der Waals surface area (Å²) in [5.74, 6) is -2.30. The summed E-state index contributed by atoms with van der Waals surface area (Å²) in [6.45, 7) is 4.80. The van der Waals surface area contributed by atoms with Crippen molar-refractivity contribution in [3.8, 4) is 0 Å². The van der Waals surface area contributed by atoms with Gasteiger partial charge in [-0.15, -0.1) is 0 Å². The molecule has 0 bridgehead atoms. The quantitative estimate of drug-likeness (QED) is 0.510. The zero-order chi connectivity index (χ0) is 24.5. The normalized spacial score (nSPS) is 12.3. The first-order chi connectivity index (χ1) is 14.5. The number of hydrogen-bond donors (Lipinski definition) is 2. The molecule has 12 heteroatoms. The minimum atomic E-state index is -5.39. The van der Waals surface area contributed by atoms with Crippen molar-refractivity contribution in [3.63, 3.8) is 0 Å². The summed E-state index contributed by atoms with van der Waals surface area (Å²) in [6.07, 6.45) is -11.6. The number of amides is 2. The number of ether oxygens (including phenoxy) is 1. The first-order valence-corrected chi connectivity index (χ1v) is 8.87. The van der Waals surface area contributed by atoms with Gasteiger partial charge in [0.15, 0.2) is 0 Å². The highest BCUT2D eigenvalue weighted by Crippen LogP contribution is 2.40. The number of halogens is 7. The van der Waals surface area contributed by atoms with Crippen LogP contribution in [0.15, 0.2) is 36.4 Å². The van der Waals surface area contributed by atoms with Crippen molar-refractivity contribution < 1.29 is 45.1 Å². The van der Waals surface area contributed by atoms with Gasteiger partial charge in [-0.05, 0) is 57.2 Å². The number of hydrogen-bond acceptors (Lipinski definition) is 3. The summed E-state index contributed by atoms with van der Waals surface area (Å²) < 4.78 is 96.9. The largest absolute Gasteiger partial charge is 0.444 e. The van der Waals surface area contributed by atoms with Crippen LogP contribution in [0.1, 0.15) is 42.3 Å². The van der Waals surface area contributed by atoms with Crippen molar-refractivity contribution in [2.45, 2.75) is 38.7 Å². The van der Waals surface area contributed by atoms with E-state index in [1.807, 2.05) is 5.32 Å². The van der Waals surface area contributed by atoms with Gasteiger partial charge in [-0.25, -0.2) is 9.18 Å². The Bertz CT molecular complexity index is 1030. The van der Waals surface area contributed by atoms with E-state index in [2.05, 4.69) is 5.32 Å². The Labute approximate surface area is 177 Å². The number of rotatable bonds is 3. The van der Waals surface area contributed by atoms with E-state index in [9.17, 15) is 40.3 Å². The van der Waals surface area contributed by atoms with Crippen LogP contribution in [0.2, 0.25) is 0 Å². The molecule has 2 N–H and O–H groups in total. The second kappa shape index (κ2) is 8.67. The lowest BCUT2D eigenvalue weighted by Gasteiger charge is -2.20. The zero-order valence-electron chi connectivity index (χ0n) is 16.8. The van der Waals surface area contributed by atoms with Crippen LogP contribution < -0.4 is 10.6 Å². The van der Waals surface area contributed by atoms with Crippen molar-refractivity contribution in [3.05, 3.63) is 58.9 Å². The van der Waals surface area contributed by atoms with E-state index in [0.29, 0.717) is 6.07 Å². The van der Waals surface area contributed by atoms with Crippen LogP contribution in [0.5, 0.6) is 0 Å². The van der Waals surface area contributed by atoms with E-state index in [-0.39, 0.29) is 17.8 Å². The third kappa shape index (κ3) is 6.59. The summed E-state index contributed by atoms with van der Waals surface area (Å²) in [4.78, 5) is 24.1. The monoisotopic (exact) mass is 466 g/mol. The van der Waals surface area contributed by atoms with E-state index in [1.54, 1.807) is 20.8 Å². The molecule has 0 aliphatic rings. The number of carbonyl (C=O) groups excluding carboxylic acids is 2. The SMILES string of the molecule is CC(C)(C)OC(=O)Nc1ccc(F)c(NC(=O)c2ccc(C(F)(F)F)c(C(F)(F)F)c2)c1. The molecule has 2 aromatic rings.